The summed E-state index contributed by atoms with van der Waals surface area (Å²) in [5.74, 6) is -0.0557. The molecule has 1 aromatic rings. The first-order valence-electron chi connectivity index (χ1n) is 4.62. The summed E-state index contributed by atoms with van der Waals surface area (Å²) in [6, 6.07) is 5.49. The molecule has 0 spiro atoms. The van der Waals surface area contributed by atoms with Gasteiger partial charge in [0.15, 0.2) is 0 Å². The van der Waals surface area contributed by atoms with Gasteiger partial charge in [0.25, 0.3) is 5.91 Å². The lowest BCUT2D eigenvalue weighted by Gasteiger charge is -2.28. The first-order chi connectivity index (χ1) is 7.20. The van der Waals surface area contributed by atoms with E-state index in [9.17, 15) is 4.79 Å². The van der Waals surface area contributed by atoms with Gasteiger partial charge in [-0.15, -0.1) is 0 Å². The van der Waals surface area contributed by atoms with Crippen LogP contribution in [-0.4, -0.2) is 25.7 Å². The number of ether oxygens (including phenoxy) is 1. The molecule has 5 heteroatoms. The molecule has 1 aliphatic heterocycles. The van der Waals surface area contributed by atoms with Crippen LogP contribution in [0.5, 0.6) is 0 Å². The molecule has 15 heavy (non-hydrogen) atoms. The third-order valence-corrected chi connectivity index (χ3v) is 2.91. The molecule has 0 bridgehead atoms. The normalized spacial score (nSPS) is 16.9. The van der Waals surface area contributed by atoms with Crippen molar-refractivity contribution in [1.82, 2.24) is 0 Å². The van der Waals surface area contributed by atoms with Crippen molar-refractivity contribution in [3.63, 3.8) is 0 Å². The molecule has 0 aliphatic carbocycles. The topological polar surface area (TPSA) is 55.6 Å². The van der Waals surface area contributed by atoms with Crippen LogP contribution < -0.4 is 10.6 Å². The fourth-order valence-electron chi connectivity index (χ4n) is 1.57. The smallest absolute Gasteiger partial charge is 0.253 e. The van der Waals surface area contributed by atoms with E-state index in [0.717, 1.165) is 10.2 Å². The number of para-hydroxylation sites is 1. The number of nitrogens with zero attached hydrogens (tertiary/aromatic N) is 1. The van der Waals surface area contributed by atoms with E-state index in [1.165, 1.54) is 0 Å². The van der Waals surface area contributed by atoms with Crippen LogP contribution in [-0.2, 0) is 9.53 Å². The molecule has 0 aromatic heterocycles. The quantitative estimate of drug-likeness (QED) is 0.785. The number of carbonyl (C=O) groups is 1. The van der Waals surface area contributed by atoms with Crippen molar-refractivity contribution in [3.8, 4) is 0 Å². The lowest BCUT2D eigenvalue weighted by atomic mass is 10.2. The van der Waals surface area contributed by atoms with Gasteiger partial charge >= 0.3 is 0 Å². The van der Waals surface area contributed by atoms with Crippen LogP contribution in [0.1, 0.15) is 0 Å². The van der Waals surface area contributed by atoms with Gasteiger partial charge in [0.05, 0.1) is 18.0 Å². The summed E-state index contributed by atoms with van der Waals surface area (Å²) >= 11 is 3.40. The van der Waals surface area contributed by atoms with Crippen molar-refractivity contribution < 1.29 is 9.53 Å². The zero-order valence-corrected chi connectivity index (χ0v) is 9.66. The molecule has 1 aromatic carbocycles. The minimum absolute atomic E-state index is 0.0557. The van der Waals surface area contributed by atoms with Crippen molar-refractivity contribution in [2.75, 3.05) is 30.4 Å². The van der Waals surface area contributed by atoms with E-state index in [1.807, 2.05) is 12.1 Å². The van der Waals surface area contributed by atoms with Crippen LogP contribution in [0.15, 0.2) is 22.7 Å². The number of rotatable bonds is 1. The van der Waals surface area contributed by atoms with Gasteiger partial charge in [-0.05, 0) is 28.1 Å². The van der Waals surface area contributed by atoms with Crippen LogP contribution in [0, 0.1) is 0 Å². The van der Waals surface area contributed by atoms with Crippen LogP contribution in [0.2, 0.25) is 0 Å². The molecule has 1 saturated heterocycles. The Morgan fingerprint density at radius 3 is 2.93 bits per heavy atom. The highest BCUT2D eigenvalue weighted by atomic mass is 79.9. The maximum absolute atomic E-state index is 11.6. The summed E-state index contributed by atoms with van der Waals surface area (Å²) in [6.07, 6.45) is 0. The number of anilines is 2. The third kappa shape index (κ3) is 1.98. The second-order valence-corrected chi connectivity index (χ2v) is 4.13. The number of amides is 1. The van der Waals surface area contributed by atoms with Crippen molar-refractivity contribution in [2.24, 2.45) is 0 Å². The number of halogens is 1. The number of morpholine rings is 1. The van der Waals surface area contributed by atoms with E-state index in [0.29, 0.717) is 18.8 Å². The van der Waals surface area contributed by atoms with Gasteiger partial charge in [-0.3, -0.25) is 4.79 Å². The largest absolute Gasteiger partial charge is 0.397 e. The summed E-state index contributed by atoms with van der Waals surface area (Å²) < 4.78 is 5.90. The molecule has 0 saturated carbocycles. The Hall–Kier alpha value is -1.07. The van der Waals surface area contributed by atoms with Crippen molar-refractivity contribution in [2.45, 2.75) is 0 Å². The summed E-state index contributed by atoms with van der Waals surface area (Å²) in [4.78, 5) is 13.3. The van der Waals surface area contributed by atoms with Gasteiger partial charge in [0.2, 0.25) is 0 Å². The SMILES string of the molecule is Nc1cccc(Br)c1N1CCOCC1=O. The van der Waals surface area contributed by atoms with Gasteiger partial charge in [-0.1, -0.05) is 6.07 Å². The van der Waals surface area contributed by atoms with E-state index in [4.69, 9.17) is 10.5 Å². The number of nitrogen functional groups attached to an aromatic ring is 1. The zero-order chi connectivity index (χ0) is 10.8. The number of hydrogen-bond acceptors (Lipinski definition) is 3. The molecule has 1 fully saturated rings. The fraction of sp³-hybridized carbons (Fsp3) is 0.300. The summed E-state index contributed by atoms with van der Waals surface area (Å²) in [6.45, 7) is 1.22. The Bertz CT molecular complexity index is 375. The van der Waals surface area contributed by atoms with Gasteiger partial charge in [0, 0.05) is 11.0 Å². The Balaban J connectivity index is 2.39. The number of hydrogen-bond donors (Lipinski definition) is 1. The van der Waals surface area contributed by atoms with Crippen LogP contribution in [0.3, 0.4) is 0 Å². The second kappa shape index (κ2) is 4.20. The minimum Gasteiger partial charge on any atom is -0.397 e. The summed E-state index contributed by atoms with van der Waals surface area (Å²) in [7, 11) is 0. The third-order valence-electron chi connectivity index (χ3n) is 2.27. The molecule has 0 atom stereocenters. The average molecular weight is 271 g/mol. The Morgan fingerprint density at radius 1 is 1.47 bits per heavy atom. The minimum atomic E-state index is -0.0557. The lowest BCUT2D eigenvalue weighted by molar-refractivity contribution is -0.125. The van der Waals surface area contributed by atoms with Gasteiger partial charge in [-0.2, -0.15) is 0 Å². The van der Waals surface area contributed by atoms with Crippen molar-refractivity contribution >= 4 is 33.2 Å². The molecule has 1 aliphatic rings. The molecule has 4 nitrogen and oxygen atoms in total. The standard InChI is InChI=1S/C10H11BrN2O2/c11-7-2-1-3-8(12)10(7)13-4-5-15-6-9(13)14/h1-3H,4-6,12H2. The van der Waals surface area contributed by atoms with Gasteiger partial charge < -0.3 is 15.4 Å². The average Bonchev–Trinajstić information content (AvgIpc) is 2.20. The molecule has 80 valence electrons. The van der Waals surface area contributed by atoms with Crippen LogP contribution >= 0.6 is 15.9 Å². The van der Waals surface area contributed by atoms with Crippen molar-refractivity contribution in [1.29, 1.82) is 0 Å². The maximum atomic E-state index is 11.6. The Kier molecular flexibility index (Phi) is 2.93. The zero-order valence-electron chi connectivity index (χ0n) is 8.07. The molecular weight excluding hydrogens is 260 g/mol. The molecule has 2 N–H and O–H groups in total. The second-order valence-electron chi connectivity index (χ2n) is 3.28. The monoisotopic (exact) mass is 270 g/mol. The number of benzene rings is 1. The summed E-state index contributed by atoms with van der Waals surface area (Å²) in [5.41, 5.74) is 7.19. The predicted molar refractivity (Wildman–Crippen MR) is 61.7 cm³/mol. The number of carbonyl (C=O) groups excluding carboxylic acids is 1. The molecule has 1 heterocycles. The summed E-state index contributed by atoms with van der Waals surface area (Å²) in [5, 5.41) is 0. The van der Waals surface area contributed by atoms with Crippen LogP contribution in [0.25, 0.3) is 0 Å². The van der Waals surface area contributed by atoms with E-state index < -0.39 is 0 Å². The Labute approximate surface area is 96.1 Å². The van der Waals surface area contributed by atoms with E-state index in [1.54, 1.807) is 11.0 Å². The molecule has 0 radical (unpaired) electrons. The van der Waals surface area contributed by atoms with E-state index in [-0.39, 0.29) is 12.5 Å². The fourth-order valence-corrected chi connectivity index (χ4v) is 2.17. The first kappa shape index (κ1) is 10.4. The predicted octanol–water partition coefficient (Wildman–Crippen LogP) is 1.39. The highest BCUT2D eigenvalue weighted by molar-refractivity contribution is 9.10. The lowest BCUT2D eigenvalue weighted by Crippen LogP contribution is -2.42. The van der Waals surface area contributed by atoms with E-state index in [2.05, 4.69) is 15.9 Å². The molecular formula is C10H11BrN2O2. The van der Waals surface area contributed by atoms with Crippen LogP contribution in [0.4, 0.5) is 11.4 Å². The maximum Gasteiger partial charge on any atom is 0.253 e. The Morgan fingerprint density at radius 2 is 2.27 bits per heavy atom. The number of nitrogens with two attached hydrogens (primary N) is 1. The first-order valence-corrected chi connectivity index (χ1v) is 5.41. The van der Waals surface area contributed by atoms with Crippen molar-refractivity contribution in [3.05, 3.63) is 22.7 Å². The van der Waals surface area contributed by atoms with Gasteiger partial charge in [-0.25, -0.2) is 0 Å². The highest BCUT2D eigenvalue weighted by Crippen LogP contribution is 2.32. The van der Waals surface area contributed by atoms with Gasteiger partial charge in [0.1, 0.15) is 6.61 Å². The molecule has 1 amide bonds. The van der Waals surface area contributed by atoms with E-state index >= 15 is 0 Å². The molecule has 2 rings (SSSR count). The highest BCUT2D eigenvalue weighted by Gasteiger charge is 2.23. The molecule has 0 unspecified atom stereocenters.